The van der Waals surface area contributed by atoms with Gasteiger partial charge in [-0.1, -0.05) is 0 Å². The molecule has 0 bridgehead atoms. The molecule has 1 heterocycles. The van der Waals surface area contributed by atoms with E-state index in [9.17, 15) is 19.7 Å². The summed E-state index contributed by atoms with van der Waals surface area (Å²) < 4.78 is 0. The van der Waals surface area contributed by atoms with Gasteiger partial charge in [-0.3, -0.25) is 24.7 Å². The second-order valence-corrected chi connectivity index (χ2v) is 3.91. The number of urea groups is 1. The highest BCUT2D eigenvalue weighted by atomic mass is 16.6. The fourth-order valence-corrected chi connectivity index (χ4v) is 1.75. The Balaban J connectivity index is 2.24. The van der Waals surface area contributed by atoms with Gasteiger partial charge in [-0.2, -0.15) is 0 Å². The molecular formula is C11H11N3O4. The summed E-state index contributed by atoms with van der Waals surface area (Å²) >= 11 is 0. The molecule has 1 aromatic rings. The topological polar surface area (TPSA) is 83.8 Å². The van der Waals surface area contributed by atoms with Crippen LogP contribution >= 0.6 is 0 Å². The lowest BCUT2D eigenvalue weighted by Crippen LogP contribution is -2.50. The number of nitro benzene ring substituents is 1. The summed E-state index contributed by atoms with van der Waals surface area (Å²) in [6, 6.07) is 5.25. The van der Waals surface area contributed by atoms with Crippen LogP contribution in [0.2, 0.25) is 0 Å². The van der Waals surface area contributed by atoms with Gasteiger partial charge in [0.25, 0.3) is 5.69 Å². The normalized spacial score (nSPS) is 16.1. The maximum absolute atomic E-state index is 11.9. The fourth-order valence-electron chi connectivity index (χ4n) is 1.75. The Hall–Kier alpha value is -2.44. The summed E-state index contributed by atoms with van der Waals surface area (Å²) in [4.78, 5) is 35.7. The smallest absolute Gasteiger partial charge is 0.293 e. The van der Waals surface area contributed by atoms with Crippen molar-refractivity contribution in [3.05, 3.63) is 34.4 Å². The molecule has 0 aliphatic carbocycles. The quantitative estimate of drug-likeness (QED) is 0.585. The number of imide groups is 1. The van der Waals surface area contributed by atoms with Crippen molar-refractivity contribution in [2.45, 2.75) is 6.42 Å². The van der Waals surface area contributed by atoms with E-state index in [1.54, 1.807) is 0 Å². The van der Waals surface area contributed by atoms with Crippen molar-refractivity contribution in [3.63, 3.8) is 0 Å². The molecule has 0 atom stereocenters. The molecule has 0 N–H and O–H groups in total. The van der Waals surface area contributed by atoms with E-state index in [-0.39, 0.29) is 18.0 Å². The van der Waals surface area contributed by atoms with Gasteiger partial charge in [0, 0.05) is 37.8 Å². The van der Waals surface area contributed by atoms with E-state index in [0.29, 0.717) is 12.2 Å². The van der Waals surface area contributed by atoms with Crippen molar-refractivity contribution >= 4 is 23.3 Å². The molecule has 1 aliphatic rings. The summed E-state index contributed by atoms with van der Waals surface area (Å²) in [5.41, 5.74) is 0.512. The number of hydrogen-bond acceptors (Lipinski definition) is 4. The highest BCUT2D eigenvalue weighted by molar-refractivity contribution is 6.05. The molecule has 0 saturated carbocycles. The zero-order valence-electron chi connectivity index (χ0n) is 9.70. The number of benzene rings is 1. The Morgan fingerprint density at radius 3 is 2.39 bits per heavy atom. The van der Waals surface area contributed by atoms with Gasteiger partial charge in [0.15, 0.2) is 0 Å². The molecule has 0 spiro atoms. The zero-order valence-corrected chi connectivity index (χ0v) is 9.70. The average molecular weight is 249 g/mol. The number of anilines is 1. The van der Waals surface area contributed by atoms with E-state index in [1.165, 1.54) is 36.2 Å². The van der Waals surface area contributed by atoms with Gasteiger partial charge in [0.05, 0.1) is 4.92 Å². The van der Waals surface area contributed by atoms with Crippen molar-refractivity contribution in [1.82, 2.24) is 4.90 Å². The lowest BCUT2D eigenvalue weighted by atomic mass is 10.2. The molecule has 0 radical (unpaired) electrons. The van der Waals surface area contributed by atoms with Gasteiger partial charge in [0.2, 0.25) is 5.91 Å². The Kier molecular flexibility index (Phi) is 2.97. The number of rotatable bonds is 2. The lowest BCUT2D eigenvalue weighted by molar-refractivity contribution is -0.384. The van der Waals surface area contributed by atoms with Crippen LogP contribution in [0.3, 0.4) is 0 Å². The van der Waals surface area contributed by atoms with Crippen LogP contribution in [0.1, 0.15) is 6.42 Å². The van der Waals surface area contributed by atoms with E-state index in [0.717, 1.165) is 4.90 Å². The highest BCUT2D eigenvalue weighted by Crippen LogP contribution is 2.22. The Morgan fingerprint density at radius 1 is 1.22 bits per heavy atom. The minimum Gasteiger partial charge on any atom is -0.293 e. The standard InChI is InChI=1S/C11H11N3O4/c1-12-10(15)6-7-13(11(12)16)8-2-4-9(5-3-8)14(17)18/h2-5H,6-7H2,1H3. The second kappa shape index (κ2) is 4.44. The highest BCUT2D eigenvalue weighted by Gasteiger charge is 2.29. The molecule has 18 heavy (non-hydrogen) atoms. The molecule has 1 aliphatic heterocycles. The number of carbonyl (C=O) groups excluding carboxylic acids is 2. The summed E-state index contributed by atoms with van der Waals surface area (Å²) in [6.45, 7) is 0.291. The van der Waals surface area contributed by atoms with Crippen LogP contribution in [0.4, 0.5) is 16.2 Å². The third kappa shape index (κ3) is 2.02. The minimum atomic E-state index is -0.503. The molecule has 1 aromatic carbocycles. The van der Waals surface area contributed by atoms with Gasteiger partial charge in [0.1, 0.15) is 0 Å². The van der Waals surface area contributed by atoms with Crippen molar-refractivity contribution in [2.24, 2.45) is 0 Å². The van der Waals surface area contributed by atoms with Crippen LogP contribution < -0.4 is 4.90 Å². The molecule has 7 nitrogen and oxygen atoms in total. The number of hydrogen-bond donors (Lipinski definition) is 0. The van der Waals surface area contributed by atoms with Gasteiger partial charge in [-0.05, 0) is 12.1 Å². The van der Waals surface area contributed by atoms with Gasteiger partial charge < -0.3 is 0 Å². The summed E-state index contributed by atoms with van der Waals surface area (Å²) in [5.74, 6) is -0.224. The van der Waals surface area contributed by atoms with Crippen LogP contribution in [0.25, 0.3) is 0 Å². The predicted molar refractivity (Wildman–Crippen MR) is 63.2 cm³/mol. The molecule has 1 saturated heterocycles. The first kappa shape index (κ1) is 12.0. The van der Waals surface area contributed by atoms with Crippen LogP contribution in [0.15, 0.2) is 24.3 Å². The largest absolute Gasteiger partial charge is 0.330 e. The molecule has 2 rings (SSSR count). The zero-order chi connectivity index (χ0) is 13.3. The molecule has 7 heteroatoms. The average Bonchev–Trinajstić information content (AvgIpc) is 2.36. The third-order valence-electron chi connectivity index (χ3n) is 2.81. The molecule has 94 valence electrons. The van der Waals surface area contributed by atoms with Crippen LogP contribution in [0, 0.1) is 10.1 Å². The van der Waals surface area contributed by atoms with Gasteiger partial charge in [-0.25, -0.2) is 4.79 Å². The van der Waals surface area contributed by atoms with Gasteiger partial charge in [-0.15, -0.1) is 0 Å². The molecular weight excluding hydrogens is 238 g/mol. The number of non-ortho nitro benzene ring substituents is 1. The first-order valence-corrected chi connectivity index (χ1v) is 5.33. The number of nitrogens with zero attached hydrogens (tertiary/aromatic N) is 3. The van der Waals surface area contributed by atoms with Crippen molar-refractivity contribution < 1.29 is 14.5 Å². The van der Waals surface area contributed by atoms with E-state index in [4.69, 9.17) is 0 Å². The van der Waals surface area contributed by atoms with E-state index in [1.807, 2.05) is 0 Å². The van der Waals surface area contributed by atoms with Gasteiger partial charge >= 0.3 is 6.03 Å². The predicted octanol–water partition coefficient (Wildman–Crippen LogP) is 1.38. The maximum atomic E-state index is 11.9. The Morgan fingerprint density at radius 2 is 1.83 bits per heavy atom. The first-order chi connectivity index (χ1) is 8.50. The lowest BCUT2D eigenvalue weighted by Gasteiger charge is -2.31. The summed E-state index contributed by atoms with van der Waals surface area (Å²) in [6.07, 6.45) is 0.249. The van der Waals surface area contributed by atoms with Crippen molar-refractivity contribution in [2.75, 3.05) is 18.5 Å². The fraction of sp³-hybridized carbons (Fsp3) is 0.273. The molecule has 0 unspecified atom stereocenters. The number of amides is 3. The first-order valence-electron chi connectivity index (χ1n) is 5.33. The molecule has 0 aromatic heterocycles. The molecule has 1 fully saturated rings. The SMILES string of the molecule is CN1C(=O)CCN(c2ccc([N+](=O)[O-])cc2)C1=O. The van der Waals surface area contributed by atoms with Crippen LogP contribution in [-0.2, 0) is 4.79 Å². The van der Waals surface area contributed by atoms with E-state index in [2.05, 4.69) is 0 Å². The number of nitro groups is 1. The Bertz CT molecular complexity index is 512. The summed E-state index contributed by atoms with van der Waals surface area (Å²) in [7, 11) is 1.42. The maximum Gasteiger partial charge on any atom is 0.330 e. The number of carbonyl (C=O) groups is 2. The van der Waals surface area contributed by atoms with Crippen molar-refractivity contribution in [1.29, 1.82) is 0 Å². The third-order valence-corrected chi connectivity index (χ3v) is 2.81. The second-order valence-electron chi connectivity index (χ2n) is 3.91. The monoisotopic (exact) mass is 249 g/mol. The summed E-state index contributed by atoms with van der Waals surface area (Å²) in [5, 5.41) is 10.5. The van der Waals surface area contributed by atoms with Crippen LogP contribution in [-0.4, -0.2) is 35.4 Å². The van der Waals surface area contributed by atoms with Crippen molar-refractivity contribution in [3.8, 4) is 0 Å². The molecule has 3 amide bonds. The Labute approximate surface area is 103 Å². The van der Waals surface area contributed by atoms with Crippen LogP contribution in [0.5, 0.6) is 0 Å². The minimum absolute atomic E-state index is 0.0346. The van der Waals surface area contributed by atoms with E-state index < -0.39 is 11.0 Å². The van der Waals surface area contributed by atoms with E-state index >= 15 is 0 Å².